The molecule has 2 aromatic rings. The summed E-state index contributed by atoms with van der Waals surface area (Å²) < 4.78 is 10.6. The lowest BCUT2D eigenvalue weighted by Gasteiger charge is -2.28. The maximum atomic E-state index is 12.9. The first-order valence-electron chi connectivity index (χ1n) is 7.53. The van der Waals surface area contributed by atoms with Crippen molar-refractivity contribution in [3.8, 4) is 5.75 Å². The first-order valence-corrected chi connectivity index (χ1v) is 7.94. The molecule has 25 heavy (non-hydrogen) atoms. The zero-order valence-electron chi connectivity index (χ0n) is 14.0. The largest absolute Gasteiger partial charge is 0.497 e. The molecule has 0 unspecified atom stereocenters. The van der Waals surface area contributed by atoms with Crippen molar-refractivity contribution in [2.45, 2.75) is 13.8 Å². The molecule has 3 rings (SSSR count). The maximum Gasteiger partial charge on any atom is 0.270 e. The molecule has 1 aliphatic rings. The fourth-order valence-electron chi connectivity index (χ4n) is 2.57. The SMILES string of the molecule is COc1ccc(N2C(=O)/C(=C/c3cc(C)oc3C)C(=O)NC2=S)cc1. The van der Waals surface area contributed by atoms with E-state index in [1.165, 1.54) is 11.0 Å². The van der Waals surface area contributed by atoms with Crippen molar-refractivity contribution in [3.63, 3.8) is 0 Å². The van der Waals surface area contributed by atoms with E-state index in [2.05, 4.69) is 5.32 Å². The van der Waals surface area contributed by atoms with E-state index >= 15 is 0 Å². The van der Waals surface area contributed by atoms with Crippen LogP contribution in [0.25, 0.3) is 6.08 Å². The molecule has 0 bridgehead atoms. The van der Waals surface area contributed by atoms with Gasteiger partial charge in [-0.25, -0.2) is 0 Å². The van der Waals surface area contributed by atoms with E-state index in [0.717, 1.165) is 0 Å². The number of hydrogen-bond acceptors (Lipinski definition) is 5. The molecule has 0 atom stereocenters. The Balaban J connectivity index is 2.00. The number of nitrogens with zero attached hydrogens (tertiary/aromatic N) is 1. The zero-order chi connectivity index (χ0) is 18.1. The van der Waals surface area contributed by atoms with Gasteiger partial charge in [-0.15, -0.1) is 0 Å². The Morgan fingerprint density at radius 1 is 1.20 bits per heavy atom. The monoisotopic (exact) mass is 356 g/mol. The average molecular weight is 356 g/mol. The summed E-state index contributed by atoms with van der Waals surface area (Å²) in [4.78, 5) is 26.4. The number of nitrogens with one attached hydrogen (secondary N) is 1. The summed E-state index contributed by atoms with van der Waals surface area (Å²) in [6.07, 6.45) is 1.52. The van der Waals surface area contributed by atoms with Crippen molar-refractivity contribution in [1.29, 1.82) is 0 Å². The number of thiocarbonyl (C=S) groups is 1. The van der Waals surface area contributed by atoms with Gasteiger partial charge in [0.15, 0.2) is 5.11 Å². The van der Waals surface area contributed by atoms with Crippen molar-refractivity contribution in [3.05, 3.63) is 53.0 Å². The van der Waals surface area contributed by atoms with Crippen LogP contribution in [0.5, 0.6) is 5.75 Å². The fourth-order valence-corrected chi connectivity index (χ4v) is 2.85. The molecular weight excluding hydrogens is 340 g/mol. The quantitative estimate of drug-likeness (QED) is 0.520. The number of carbonyl (C=O) groups is 2. The van der Waals surface area contributed by atoms with Gasteiger partial charge in [0.05, 0.1) is 12.8 Å². The van der Waals surface area contributed by atoms with Crippen LogP contribution < -0.4 is 15.0 Å². The summed E-state index contributed by atoms with van der Waals surface area (Å²) >= 11 is 5.17. The van der Waals surface area contributed by atoms with Crippen molar-refractivity contribution in [2.75, 3.05) is 12.0 Å². The van der Waals surface area contributed by atoms with Crippen LogP contribution in [0.2, 0.25) is 0 Å². The van der Waals surface area contributed by atoms with Gasteiger partial charge in [-0.2, -0.15) is 0 Å². The summed E-state index contributed by atoms with van der Waals surface area (Å²) in [5, 5.41) is 2.59. The van der Waals surface area contributed by atoms with Crippen LogP contribution in [-0.2, 0) is 9.59 Å². The number of amides is 2. The number of anilines is 1. The summed E-state index contributed by atoms with van der Waals surface area (Å²) in [6, 6.07) is 8.60. The summed E-state index contributed by atoms with van der Waals surface area (Å²) in [7, 11) is 1.56. The topological polar surface area (TPSA) is 71.8 Å². The number of benzene rings is 1. The van der Waals surface area contributed by atoms with Crippen molar-refractivity contribution < 1.29 is 18.7 Å². The normalized spacial score (nSPS) is 16.4. The lowest BCUT2D eigenvalue weighted by molar-refractivity contribution is -0.122. The number of hydrogen-bond donors (Lipinski definition) is 1. The molecule has 128 valence electrons. The van der Waals surface area contributed by atoms with Gasteiger partial charge < -0.3 is 9.15 Å². The highest BCUT2D eigenvalue weighted by molar-refractivity contribution is 7.80. The first-order chi connectivity index (χ1) is 11.9. The molecule has 1 saturated heterocycles. The van der Waals surface area contributed by atoms with Gasteiger partial charge in [0, 0.05) is 5.56 Å². The molecule has 0 saturated carbocycles. The molecule has 2 amide bonds. The Morgan fingerprint density at radius 2 is 1.88 bits per heavy atom. The van der Waals surface area contributed by atoms with E-state index in [4.69, 9.17) is 21.4 Å². The average Bonchev–Trinajstić information content (AvgIpc) is 2.89. The molecule has 1 aromatic heterocycles. The molecule has 2 heterocycles. The van der Waals surface area contributed by atoms with Crippen LogP contribution in [0.15, 0.2) is 40.3 Å². The second-order valence-electron chi connectivity index (χ2n) is 5.52. The van der Waals surface area contributed by atoms with E-state index in [-0.39, 0.29) is 10.7 Å². The molecule has 7 heteroatoms. The van der Waals surface area contributed by atoms with Crippen molar-refractivity contribution in [1.82, 2.24) is 5.32 Å². The first kappa shape index (κ1) is 16.9. The van der Waals surface area contributed by atoms with Gasteiger partial charge >= 0.3 is 0 Å². The number of methoxy groups -OCH3 is 1. The highest BCUT2D eigenvalue weighted by atomic mass is 32.1. The Kier molecular flexibility index (Phi) is 4.41. The minimum absolute atomic E-state index is 0.00619. The molecule has 6 nitrogen and oxygen atoms in total. The maximum absolute atomic E-state index is 12.9. The van der Waals surface area contributed by atoms with Gasteiger partial charge in [-0.3, -0.25) is 19.8 Å². The van der Waals surface area contributed by atoms with Gasteiger partial charge in [-0.05, 0) is 62.5 Å². The minimum atomic E-state index is -0.530. The predicted molar refractivity (Wildman–Crippen MR) is 97.4 cm³/mol. The van der Waals surface area contributed by atoms with Crippen molar-refractivity contribution in [2.24, 2.45) is 0 Å². The second-order valence-corrected chi connectivity index (χ2v) is 5.91. The lowest BCUT2D eigenvalue weighted by Crippen LogP contribution is -2.54. The van der Waals surface area contributed by atoms with Crippen LogP contribution in [0.3, 0.4) is 0 Å². The Labute approximate surface area is 150 Å². The molecule has 0 spiro atoms. The summed E-state index contributed by atoms with van der Waals surface area (Å²) in [5.74, 6) is 0.976. The fraction of sp³-hybridized carbons (Fsp3) is 0.167. The number of aryl methyl sites for hydroxylation is 2. The molecule has 1 aromatic carbocycles. The van der Waals surface area contributed by atoms with Crippen LogP contribution >= 0.6 is 12.2 Å². The number of carbonyl (C=O) groups excluding carboxylic acids is 2. The van der Waals surface area contributed by atoms with Gasteiger partial charge in [0.25, 0.3) is 11.8 Å². The predicted octanol–water partition coefficient (Wildman–Crippen LogP) is 2.74. The molecule has 1 aliphatic heterocycles. The highest BCUT2D eigenvalue weighted by Crippen LogP contribution is 2.25. The second kappa shape index (κ2) is 6.52. The van der Waals surface area contributed by atoms with E-state index in [1.807, 2.05) is 0 Å². The molecule has 1 N–H and O–H groups in total. The third kappa shape index (κ3) is 3.18. The molecule has 1 fully saturated rings. The van der Waals surface area contributed by atoms with E-state index in [0.29, 0.717) is 28.5 Å². The summed E-state index contributed by atoms with van der Waals surface area (Å²) in [5.41, 5.74) is 1.22. The standard InChI is InChI=1S/C18H16N2O4S/c1-10-8-12(11(2)24-10)9-15-16(21)19-18(25)20(17(15)22)13-4-6-14(23-3)7-5-13/h4-9H,1-3H3,(H,19,21,25)/b15-9+. The van der Waals surface area contributed by atoms with E-state index in [9.17, 15) is 9.59 Å². The Hall–Kier alpha value is -2.93. The Morgan fingerprint density at radius 3 is 2.44 bits per heavy atom. The van der Waals surface area contributed by atoms with Crippen LogP contribution in [-0.4, -0.2) is 24.0 Å². The minimum Gasteiger partial charge on any atom is -0.497 e. The lowest BCUT2D eigenvalue weighted by atomic mass is 10.1. The van der Waals surface area contributed by atoms with Crippen LogP contribution in [0.4, 0.5) is 5.69 Å². The smallest absolute Gasteiger partial charge is 0.270 e. The van der Waals surface area contributed by atoms with Gasteiger partial charge in [-0.1, -0.05) is 0 Å². The van der Waals surface area contributed by atoms with E-state index in [1.54, 1.807) is 51.3 Å². The number of ether oxygens (including phenoxy) is 1. The van der Waals surface area contributed by atoms with Crippen LogP contribution in [0, 0.1) is 13.8 Å². The van der Waals surface area contributed by atoms with Crippen molar-refractivity contribution >= 4 is 40.9 Å². The van der Waals surface area contributed by atoms with E-state index < -0.39 is 11.8 Å². The number of rotatable bonds is 3. The van der Waals surface area contributed by atoms with Gasteiger partial charge in [0.2, 0.25) is 0 Å². The zero-order valence-corrected chi connectivity index (χ0v) is 14.8. The molecule has 0 radical (unpaired) electrons. The molecular formula is C18H16N2O4S. The Bertz CT molecular complexity index is 896. The third-order valence-electron chi connectivity index (χ3n) is 3.81. The summed E-state index contributed by atoms with van der Waals surface area (Å²) in [6.45, 7) is 3.58. The van der Waals surface area contributed by atoms with Crippen LogP contribution in [0.1, 0.15) is 17.1 Å². The third-order valence-corrected chi connectivity index (χ3v) is 4.10. The number of furan rings is 1. The highest BCUT2D eigenvalue weighted by Gasteiger charge is 2.34. The molecule has 0 aliphatic carbocycles. The van der Waals surface area contributed by atoms with Gasteiger partial charge in [0.1, 0.15) is 22.8 Å².